The Morgan fingerprint density at radius 3 is 2.79 bits per heavy atom. The van der Waals surface area contributed by atoms with Crippen LogP contribution in [0.1, 0.15) is 37.4 Å². The molecule has 0 fully saturated rings. The maximum atomic E-state index is 12.0. The van der Waals surface area contributed by atoms with E-state index in [9.17, 15) is 9.90 Å². The lowest BCUT2D eigenvalue weighted by molar-refractivity contribution is 0.00842. The fraction of sp³-hybridized carbons (Fsp3) is 0.667. The molecule has 6 nitrogen and oxygen atoms in total. The summed E-state index contributed by atoms with van der Waals surface area (Å²) in [4.78, 5) is 18.4. The van der Waals surface area contributed by atoms with E-state index in [2.05, 4.69) is 4.98 Å². The van der Waals surface area contributed by atoms with Gasteiger partial charge in [-0.05, 0) is 20.8 Å². The maximum absolute atomic E-state index is 12.0. The van der Waals surface area contributed by atoms with E-state index in [0.29, 0.717) is 17.4 Å². The van der Waals surface area contributed by atoms with E-state index in [1.807, 2.05) is 20.8 Å². The lowest BCUT2D eigenvalue weighted by Crippen LogP contribution is -2.41. The average molecular weight is 286 g/mol. The fourth-order valence-electron chi connectivity index (χ4n) is 1.80. The molecule has 2 heterocycles. The number of carbonyl (C=O) groups is 1. The molecule has 19 heavy (non-hydrogen) atoms. The number of amides is 1. The molecule has 1 amide bonds. The molecule has 0 spiro atoms. The van der Waals surface area contributed by atoms with Crippen LogP contribution in [0.3, 0.4) is 0 Å². The number of β-amino-alcohol motifs (C(OH)–C–C–N with tert-alkyl or cyclic N) is 1. The van der Waals surface area contributed by atoms with Gasteiger partial charge in [-0.1, -0.05) is 11.3 Å². The summed E-state index contributed by atoms with van der Waals surface area (Å²) in [5, 5.41) is 10.5. The topological polar surface area (TPSA) is 71.9 Å². The first-order valence-electron chi connectivity index (χ1n) is 5.99. The van der Waals surface area contributed by atoms with Gasteiger partial charge in [-0.15, -0.1) is 0 Å². The van der Waals surface area contributed by atoms with Gasteiger partial charge < -0.3 is 14.6 Å². The predicted octanol–water partition coefficient (Wildman–Crippen LogP) is 1.94. The molecule has 0 radical (unpaired) electrons. The van der Waals surface area contributed by atoms with Crippen LogP contribution in [0, 0.1) is 0 Å². The number of hydrogen-bond donors (Lipinski definition) is 1. The van der Waals surface area contributed by atoms with Gasteiger partial charge in [-0.3, -0.25) is 4.90 Å². The van der Waals surface area contributed by atoms with Crippen molar-refractivity contribution in [2.45, 2.75) is 39.0 Å². The number of ether oxygens (including phenoxy) is 2. The largest absolute Gasteiger partial charge is 0.473 e. The van der Waals surface area contributed by atoms with Crippen LogP contribution in [0.25, 0.3) is 0 Å². The van der Waals surface area contributed by atoms with E-state index in [1.165, 1.54) is 23.3 Å². The summed E-state index contributed by atoms with van der Waals surface area (Å²) in [6.45, 7) is 5.97. The molecular formula is C12H18N2O4S. The summed E-state index contributed by atoms with van der Waals surface area (Å²) in [5.41, 5.74) is 0.119. The van der Waals surface area contributed by atoms with E-state index in [-0.39, 0.29) is 6.54 Å². The summed E-state index contributed by atoms with van der Waals surface area (Å²) in [7, 11) is 1.53. The zero-order chi connectivity index (χ0) is 14.2. The fourth-order valence-corrected chi connectivity index (χ4v) is 2.67. The zero-order valence-electron chi connectivity index (χ0n) is 11.5. The summed E-state index contributed by atoms with van der Waals surface area (Å²) in [6.07, 6.45) is -1.18. The maximum Gasteiger partial charge on any atom is 0.410 e. The predicted molar refractivity (Wildman–Crippen MR) is 70.3 cm³/mol. The van der Waals surface area contributed by atoms with Crippen molar-refractivity contribution in [3.05, 3.63) is 10.6 Å². The SMILES string of the molecule is COc1nc2c(s1)C(O)CN(C(=O)OC(C)(C)C)C2. The molecule has 106 valence electrons. The summed E-state index contributed by atoms with van der Waals surface area (Å²) >= 11 is 1.31. The number of aliphatic hydroxyl groups excluding tert-OH is 1. The molecule has 0 aromatic carbocycles. The molecule has 0 saturated carbocycles. The molecule has 1 aliphatic rings. The molecule has 1 aromatic rings. The van der Waals surface area contributed by atoms with Crippen molar-refractivity contribution in [2.75, 3.05) is 13.7 Å². The number of methoxy groups -OCH3 is 1. The third-order valence-corrected chi connectivity index (χ3v) is 3.73. The van der Waals surface area contributed by atoms with Crippen molar-refractivity contribution < 1.29 is 19.4 Å². The molecule has 1 atom stereocenters. The number of thiazole rings is 1. The van der Waals surface area contributed by atoms with Gasteiger partial charge in [0.05, 0.1) is 30.8 Å². The highest BCUT2D eigenvalue weighted by Crippen LogP contribution is 2.35. The van der Waals surface area contributed by atoms with Gasteiger partial charge in [-0.2, -0.15) is 0 Å². The van der Waals surface area contributed by atoms with Crippen LogP contribution in [0.4, 0.5) is 4.79 Å². The normalized spacial score (nSPS) is 19.0. The van der Waals surface area contributed by atoms with Gasteiger partial charge in [0, 0.05) is 0 Å². The first-order chi connectivity index (χ1) is 8.80. The van der Waals surface area contributed by atoms with Gasteiger partial charge in [0.2, 0.25) is 0 Å². The standard InChI is InChI=1S/C12H18N2O4S/c1-12(2,3)18-11(16)14-5-7-9(8(15)6-14)19-10(13-7)17-4/h8,15H,5-6H2,1-4H3. The average Bonchev–Trinajstić information content (AvgIpc) is 2.70. The number of aromatic nitrogens is 1. The highest BCUT2D eigenvalue weighted by molar-refractivity contribution is 7.13. The second-order valence-electron chi connectivity index (χ2n) is 5.37. The van der Waals surface area contributed by atoms with Crippen LogP contribution < -0.4 is 4.74 Å². The lowest BCUT2D eigenvalue weighted by Gasteiger charge is -2.31. The zero-order valence-corrected chi connectivity index (χ0v) is 12.3. The van der Waals surface area contributed by atoms with Crippen molar-refractivity contribution in [2.24, 2.45) is 0 Å². The molecule has 0 saturated heterocycles. The van der Waals surface area contributed by atoms with Gasteiger partial charge in [0.1, 0.15) is 11.7 Å². The Hall–Kier alpha value is -1.34. The molecular weight excluding hydrogens is 268 g/mol. The Labute approximate surface area is 116 Å². The van der Waals surface area contributed by atoms with Crippen molar-refractivity contribution in [3.8, 4) is 5.19 Å². The van der Waals surface area contributed by atoms with E-state index in [4.69, 9.17) is 9.47 Å². The number of fused-ring (bicyclic) bond motifs is 1. The molecule has 1 aromatic heterocycles. The van der Waals surface area contributed by atoms with Crippen LogP contribution in [-0.2, 0) is 11.3 Å². The number of carbonyl (C=O) groups excluding carboxylic acids is 1. The van der Waals surface area contributed by atoms with Crippen molar-refractivity contribution in [1.82, 2.24) is 9.88 Å². The Morgan fingerprint density at radius 2 is 2.21 bits per heavy atom. The van der Waals surface area contributed by atoms with Crippen LogP contribution in [0.2, 0.25) is 0 Å². The van der Waals surface area contributed by atoms with Crippen molar-refractivity contribution in [3.63, 3.8) is 0 Å². The Balaban J connectivity index is 2.14. The highest BCUT2D eigenvalue weighted by atomic mass is 32.1. The first-order valence-corrected chi connectivity index (χ1v) is 6.81. The highest BCUT2D eigenvalue weighted by Gasteiger charge is 2.32. The molecule has 1 unspecified atom stereocenters. The minimum absolute atomic E-state index is 0.216. The van der Waals surface area contributed by atoms with Gasteiger partial charge in [-0.25, -0.2) is 9.78 Å². The van der Waals surface area contributed by atoms with Crippen LogP contribution in [0.15, 0.2) is 0 Å². The molecule has 1 aliphatic heterocycles. The van der Waals surface area contributed by atoms with Crippen molar-refractivity contribution in [1.29, 1.82) is 0 Å². The van der Waals surface area contributed by atoms with E-state index in [0.717, 1.165) is 4.88 Å². The smallest absolute Gasteiger partial charge is 0.410 e. The lowest BCUT2D eigenvalue weighted by atomic mass is 10.1. The third-order valence-electron chi connectivity index (χ3n) is 2.57. The second-order valence-corrected chi connectivity index (χ2v) is 6.36. The molecule has 0 bridgehead atoms. The van der Waals surface area contributed by atoms with Crippen molar-refractivity contribution >= 4 is 17.4 Å². The van der Waals surface area contributed by atoms with Crippen LogP contribution in [-0.4, -0.2) is 40.3 Å². The number of aliphatic hydroxyl groups is 1. The monoisotopic (exact) mass is 286 g/mol. The van der Waals surface area contributed by atoms with Crippen LogP contribution >= 0.6 is 11.3 Å². The summed E-state index contributed by atoms with van der Waals surface area (Å²) < 4.78 is 10.3. The second kappa shape index (κ2) is 4.97. The first kappa shape index (κ1) is 14.1. The Morgan fingerprint density at radius 1 is 1.53 bits per heavy atom. The number of hydrogen-bond acceptors (Lipinski definition) is 6. The number of rotatable bonds is 1. The molecule has 1 N–H and O–H groups in total. The minimum atomic E-state index is -0.738. The minimum Gasteiger partial charge on any atom is -0.473 e. The van der Waals surface area contributed by atoms with Gasteiger partial charge in [0.25, 0.3) is 5.19 Å². The van der Waals surface area contributed by atoms with Crippen LogP contribution in [0.5, 0.6) is 5.19 Å². The van der Waals surface area contributed by atoms with E-state index in [1.54, 1.807) is 0 Å². The summed E-state index contributed by atoms with van der Waals surface area (Å²) in [5.74, 6) is 0. The van der Waals surface area contributed by atoms with Gasteiger partial charge >= 0.3 is 6.09 Å². The van der Waals surface area contributed by atoms with E-state index >= 15 is 0 Å². The summed E-state index contributed by atoms with van der Waals surface area (Å²) in [6, 6.07) is 0. The quantitative estimate of drug-likeness (QED) is 0.854. The molecule has 0 aliphatic carbocycles. The van der Waals surface area contributed by atoms with E-state index < -0.39 is 17.8 Å². The molecule has 7 heteroatoms. The third kappa shape index (κ3) is 3.16. The Kier molecular flexibility index (Phi) is 3.69. The van der Waals surface area contributed by atoms with Gasteiger partial charge in [0.15, 0.2) is 0 Å². The molecule has 2 rings (SSSR count). The Bertz CT molecular complexity index is 481. The number of nitrogens with zero attached hydrogens (tertiary/aromatic N) is 2.